The molecule has 14 heteroatoms. The summed E-state index contributed by atoms with van der Waals surface area (Å²) in [6.07, 6.45) is 0. The number of hydrogen-bond donors (Lipinski definition) is 0. The quantitative estimate of drug-likeness (QED) is 0.118. The Bertz CT molecular complexity index is 10600. The second kappa shape index (κ2) is 34.0. The number of furan rings is 2. The Morgan fingerprint density at radius 2 is 0.377 bits per heavy atom. The summed E-state index contributed by atoms with van der Waals surface area (Å²) >= 11 is 0. The molecule has 0 aliphatic carbocycles. The van der Waals surface area contributed by atoms with Crippen LogP contribution in [0, 0.1) is 0 Å². The Morgan fingerprint density at radius 1 is 0.144 bits per heavy atom. The van der Waals surface area contributed by atoms with E-state index in [9.17, 15) is 0 Å². The first-order valence-electron chi connectivity index (χ1n) is 49.2. The Balaban J connectivity index is 0.000000104. The normalized spacial score (nSPS) is 11.8. The lowest BCUT2D eigenvalue weighted by Gasteiger charge is -2.14. The molecular weight excluding hydrogens is 1790 g/mol. The van der Waals surface area contributed by atoms with Gasteiger partial charge in [0, 0.05) is 137 Å². The van der Waals surface area contributed by atoms with Gasteiger partial charge in [0.1, 0.15) is 22.3 Å². The summed E-state index contributed by atoms with van der Waals surface area (Å²) in [5.41, 5.74) is 31.1. The fourth-order valence-electron chi connectivity index (χ4n) is 22.4. The Morgan fingerprint density at radius 3 is 0.712 bits per heavy atom. The van der Waals surface area contributed by atoms with Crippen LogP contribution in [-0.2, 0) is 0 Å². The predicted octanol–water partition coefficient (Wildman–Crippen LogP) is 33.8. The van der Waals surface area contributed by atoms with Crippen molar-refractivity contribution in [2.45, 2.75) is 0 Å². The van der Waals surface area contributed by atoms with Crippen molar-refractivity contribution >= 4 is 175 Å². The van der Waals surface area contributed by atoms with Crippen LogP contribution in [0.5, 0.6) is 0 Å². The molecule has 11 aromatic heterocycles. The molecule has 31 aromatic rings. The third kappa shape index (κ3) is 13.4. The van der Waals surface area contributed by atoms with Crippen molar-refractivity contribution in [2.24, 2.45) is 0 Å². The van der Waals surface area contributed by atoms with Gasteiger partial charge in [0.05, 0.1) is 100 Å². The number of hydrogen-bond acceptors (Lipinski definition) is 8. The summed E-state index contributed by atoms with van der Waals surface area (Å²) in [7, 11) is 0. The second-order valence-electron chi connectivity index (χ2n) is 37.1. The van der Waals surface area contributed by atoms with Crippen molar-refractivity contribution in [1.82, 2.24) is 57.3 Å². The summed E-state index contributed by atoms with van der Waals surface area (Å²) in [6.45, 7) is 0. The summed E-state index contributed by atoms with van der Waals surface area (Å²) in [4.78, 5) is 32.1. The molecule has 0 N–H and O–H groups in total. The van der Waals surface area contributed by atoms with Gasteiger partial charge in [-0.2, -0.15) is 0 Å². The fraction of sp³-hybridized carbons (Fsp3) is 0. The maximum absolute atomic E-state index is 6.54. The van der Waals surface area contributed by atoms with Gasteiger partial charge in [0.25, 0.3) is 0 Å². The molecule has 0 aliphatic heterocycles. The minimum Gasteiger partial charge on any atom is -0.456 e. The predicted molar refractivity (Wildman–Crippen MR) is 599 cm³/mol. The van der Waals surface area contributed by atoms with Gasteiger partial charge in [0.15, 0.2) is 0 Å². The molecule has 14 nitrogen and oxygen atoms in total. The highest BCUT2D eigenvalue weighted by molar-refractivity contribution is 6.27. The molecular formula is C132H82N12O2. The Hall–Kier alpha value is -20.0. The van der Waals surface area contributed by atoms with Gasteiger partial charge in [-0.1, -0.05) is 376 Å². The van der Waals surface area contributed by atoms with Crippen LogP contribution < -0.4 is 0 Å². The Labute approximate surface area is 835 Å². The summed E-state index contributed by atoms with van der Waals surface area (Å²) < 4.78 is 26.8. The van der Waals surface area contributed by atoms with E-state index in [0.717, 1.165) is 211 Å². The lowest BCUT2D eigenvalue weighted by molar-refractivity contribution is 0.669. The zero-order valence-electron chi connectivity index (χ0n) is 78.5. The molecule has 0 unspecified atom stereocenters. The lowest BCUT2D eigenvalue weighted by atomic mass is 10.0. The molecule has 0 radical (unpaired) electrons. The molecule has 146 heavy (non-hydrogen) atoms. The first kappa shape index (κ1) is 83.0. The fourth-order valence-corrected chi connectivity index (χ4v) is 22.4. The third-order valence-corrected chi connectivity index (χ3v) is 28.8. The summed E-state index contributed by atoms with van der Waals surface area (Å²) in [5, 5.41) is 18.5. The first-order chi connectivity index (χ1) is 72.5. The molecule has 0 fully saturated rings. The zero-order chi connectivity index (χ0) is 96.0. The van der Waals surface area contributed by atoms with Gasteiger partial charge in [-0.05, 0) is 121 Å². The highest BCUT2D eigenvalue weighted by atomic mass is 16.3. The number of rotatable bonds is 12. The topological polar surface area (TPSA) is 133 Å². The van der Waals surface area contributed by atoms with Gasteiger partial charge in [0.2, 0.25) is 17.8 Å². The van der Waals surface area contributed by atoms with Gasteiger partial charge in [-0.15, -0.1) is 0 Å². The maximum atomic E-state index is 6.54. The first-order valence-corrected chi connectivity index (χ1v) is 49.2. The average Bonchev–Trinajstić information content (AvgIpc) is 1.55. The molecule has 0 spiro atoms. The van der Waals surface area contributed by atoms with E-state index in [1.807, 2.05) is 54.6 Å². The molecule has 0 saturated carbocycles. The van der Waals surface area contributed by atoms with E-state index in [4.69, 9.17) is 38.7 Å². The molecule has 0 aliphatic rings. The third-order valence-electron chi connectivity index (χ3n) is 28.8. The number of fused-ring (bicyclic) bond motifs is 27. The van der Waals surface area contributed by atoms with E-state index in [2.05, 4.69) is 470 Å². The van der Waals surface area contributed by atoms with Crippen molar-refractivity contribution in [3.63, 3.8) is 0 Å². The van der Waals surface area contributed by atoms with Crippen LogP contribution >= 0.6 is 0 Å². The van der Waals surface area contributed by atoms with Crippen LogP contribution in [0.3, 0.4) is 0 Å². The molecule has 20 aromatic carbocycles. The van der Waals surface area contributed by atoms with Crippen LogP contribution in [0.1, 0.15) is 0 Å². The number of aromatic nitrogens is 12. The van der Waals surface area contributed by atoms with Gasteiger partial charge >= 0.3 is 0 Å². The molecule has 0 bridgehead atoms. The lowest BCUT2D eigenvalue weighted by Crippen LogP contribution is -2.05. The van der Waals surface area contributed by atoms with Crippen molar-refractivity contribution in [3.8, 4) is 102 Å². The van der Waals surface area contributed by atoms with Gasteiger partial charge < -0.3 is 22.5 Å². The van der Waals surface area contributed by atoms with Crippen molar-refractivity contribution < 1.29 is 8.83 Å². The van der Waals surface area contributed by atoms with E-state index in [-0.39, 0.29) is 0 Å². The monoisotopic (exact) mass is 1870 g/mol. The minimum atomic E-state index is 0.600. The van der Waals surface area contributed by atoms with Gasteiger partial charge in [-0.3, -0.25) is 13.7 Å². The molecule has 682 valence electrons. The van der Waals surface area contributed by atoms with Crippen LogP contribution in [0.2, 0.25) is 0 Å². The molecule has 0 atom stereocenters. The van der Waals surface area contributed by atoms with E-state index in [0.29, 0.717) is 17.8 Å². The summed E-state index contributed by atoms with van der Waals surface area (Å²) in [5.74, 6) is 1.86. The van der Waals surface area contributed by atoms with Crippen LogP contribution in [-0.4, -0.2) is 57.3 Å². The highest BCUT2D eigenvalue weighted by Gasteiger charge is 2.30. The van der Waals surface area contributed by atoms with E-state index >= 15 is 0 Å². The largest absolute Gasteiger partial charge is 0.456 e. The maximum Gasteiger partial charge on any atom is 0.235 e. The number of benzene rings is 20. The van der Waals surface area contributed by atoms with Gasteiger partial charge in [-0.25, -0.2) is 29.9 Å². The second-order valence-corrected chi connectivity index (χ2v) is 37.1. The Kier molecular flexibility index (Phi) is 19.3. The highest BCUT2D eigenvalue weighted by Crippen LogP contribution is 2.49. The smallest absolute Gasteiger partial charge is 0.235 e. The van der Waals surface area contributed by atoms with E-state index in [1.54, 1.807) is 0 Å². The van der Waals surface area contributed by atoms with E-state index in [1.165, 1.54) is 48.6 Å². The van der Waals surface area contributed by atoms with Crippen LogP contribution in [0.15, 0.2) is 506 Å². The standard InChI is InChI=1S/2C46H28N4O.C40H26N4/c1-3-14-29(15-4-1)38-28-39(37-22-13-21-36-33-20-9-12-25-42(33)51-45(36)37)48-46(47-38)50-41-24-11-8-19-32(41)35-27-26-34-31-18-7-10-23-40(31)49(43(34)44(35)50)30-16-5-2-6-17-30;1-3-13-29(14-4-1)38-28-39(30-23-24-35-34-19-9-12-22-42(34)51-43(35)27-30)48-46(47-38)50-41-21-11-8-18-33(41)37-26-25-36-32-17-7-10-20-40(32)49(44(36)45(37)50)31-15-5-2-6-16-31;1-4-14-27(15-5-1)34-26-35(28-16-6-2-7-17-28)42-40(41-34)44-37-23-13-11-21-31(37)33-25-24-32-30-20-10-12-22-36(30)43(38(32)39(33)44)29-18-8-3-9-19-29/h2*1-28H;1-26H. The number of para-hydroxylation sites is 12. The zero-order valence-corrected chi connectivity index (χ0v) is 78.5. The van der Waals surface area contributed by atoms with E-state index < -0.39 is 0 Å². The number of nitrogens with zero attached hydrogens (tertiary/aromatic N) is 12. The van der Waals surface area contributed by atoms with Crippen molar-refractivity contribution in [1.29, 1.82) is 0 Å². The average molecular weight is 1870 g/mol. The summed E-state index contributed by atoms with van der Waals surface area (Å²) in [6, 6.07) is 174. The molecule has 31 rings (SSSR count). The molecule has 11 heterocycles. The van der Waals surface area contributed by atoms with Crippen LogP contribution in [0.25, 0.3) is 277 Å². The molecule has 0 amide bonds. The van der Waals surface area contributed by atoms with Crippen LogP contribution in [0.4, 0.5) is 0 Å². The minimum absolute atomic E-state index is 0.600. The van der Waals surface area contributed by atoms with Crippen molar-refractivity contribution in [3.05, 3.63) is 497 Å². The SMILES string of the molecule is c1ccc(-c2cc(-c3ccc4c(c3)oc3ccccc34)nc(-n3c4ccccc4c4ccc5c6ccccc6n(-c6ccccc6)c5c43)n2)cc1.c1ccc(-c2cc(-c3cccc4c3oc3ccccc34)nc(-n3c4ccccc4c4ccc5c6ccccc6n(-c6ccccc6)c5c43)n2)cc1.c1ccc(-c2cc(-c3ccccc3)nc(-n3c4ccccc4c4ccc5c6ccccc6n(-c6ccccc6)c5c43)n2)cc1. The molecule has 0 saturated heterocycles. The van der Waals surface area contributed by atoms with Crippen molar-refractivity contribution in [2.75, 3.05) is 0 Å².